The van der Waals surface area contributed by atoms with Crippen LogP contribution in [-0.4, -0.2) is 53.7 Å². The van der Waals surface area contributed by atoms with E-state index < -0.39 is 39.4 Å². The molecule has 0 aliphatic carbocycles. The van der Waals surface area contributed by atoms with Crippen molar-refractivity contribution in [2.24, 2.45) is 5.92 Å². The zero-order valence-electron chi connectivity index (χ0n) is 14.9. The van der Waals surface area contributed by atoms with Crippen molar-refractivity contribution >= 4 is 15.9 Å². The number of H-pyrrole nitrogens is 1. The number of aromatic amines is 1. The lowest BCUT2D eigenvalue weighted by molar-refractivity contribution is -0.138. The molecular formula is C15H23F3N4O3S. The molecular weight excluding hydrogens is 373 g/mol. The van der Waals surface area contributed by atoms with Gasteiger partial charge in [0, 0.05) is 24.8 Å². The second-order valence-electron chi connectivity index (χ2n) is 6.89. The number of aromatic nitrogens is 2. The average molecular weight is 396 g/mol. The fourth-order valence-electron chi connectivity index (χ4n) is 3.00. The van der Waals surface area contributed by atoms with E-state index in [0.29, 0.717) is 12.8 Å². The van der Waals surface area contributed by atoms with Gasteiger partial charge in [-0.25, -0.2) is 12.7 Å². The summed E-state index contributed by atoms with van der Waals surface area (Å²) in [5, 5.41) is 8.19. The van der Waals surface area contributed by atoms with Crippen molar-refractivity contribution in [2.75, 3.05) is 18.8 Å². The van der Waals surface area contributed by atoms with Crippen molar-refractivity contribution < 1.29 is 26.4 Å². The van der Waals surface area contributed by atoms with Crippen molar-refractivity contribution in [2.45, 2.75) is 45.8 Å². The average Bonchev–Trinajstić information content (AvgIpc) is 2.88. The lowest BCUT2D eigenvalue weighted by Crippen LogP contribution is -2.47. The Kier molecular flexibility index (Phi) is 6.01. The summed E-state index contributed by atoms with van der Waals surface area (Å²) >= 11 is 0. The molecule has 1 aromatic rings. The quantitative estimate of drug-likeness (QED) is 0.795. The summed E-state index contributed by atoms with van der Waals surface area (Å²) < 4.78 is 64.9. The topological polar surface area (TPSA) is 95.2 Å². The van der Waals surface area contributed by atoms with E-state index in [1.54, 1.807) is 0 Å². The lowest BCUT2D eigenvalue weighted by Gasteiger charge is -2.32. The van der Waals surface area contributed by atoms with Crippen molar-refractivity contribution in [3.8, 4) is 0 Å². The molecule has 0 aromatic carbocycles. The summed E-state index contributed by atoms with van der Waals surface area (Å²) in [4.78, 5) is 12.2. The number of halogens is 3. The molecule has 0 saturated carbocycles. The Hall–Kier alpha value is -1.62. The molecule has 1 aliphatic heterocycles. The van der Waals surface area contributed by atoms with Crippen LogP contribution in [-0.2, 0) is 16.2 Å². The number of nitrogens with zero attached hydrogens (tertiary/aromatic N) is 2. The minimum atomic E-state index is -4.68. The van der Waals surface area contributed by atoms with E-state index in [1.807, 2.05) is 13.8 Å². The van der Waals surface area contributed by atoms with E-state index in [9.17, 15) is 26.4 Å². The first-order chi connectivity index (χ1) is 11.9. The number of piperidine rings is 1. The summed E-state index contributed by atoms with van der Waals surface area (Å²) in [6.45, 7) is 5.28. The summed E-state index contributed by atoms with van der Waals surface area (Å²) in [6, 6.07) is -0.397. The molecule has 148 valence electrons. The van der Waals surface area contributed by atoms with E-state index in [2.05, 4.69) is 15.5 Å². The highest BCUT2D eigenvalue weighted by molar-refractivity contribution is 7.89. The number of rotatable bonds is 5. The second-order valence-corrected chi connectivity index (χ2v) is 8.90. The maximum absolute atomic E-state index is 13.1. The first-order valence-electron chi connectivity index (χ1n) is 8.32. The van der Waals surface area contributed by atoms with Crippen LogP contribution in [0.4, 0.5) is 13.2 Å². The highest BCUT2D eigenvalue weighted by Crippen LogP contribution is 2.33. The Morgan fingerprint density at radius 1 is 1.35 bits per heavy atom. The molecule has 26 heavy (non-hydrogen) atoms. The molecule has 0 bridgehead atoms. The first kappa shape index (κ1) is 20.7. The fraction of sp³-hybridized carbons (Fsp3) is 0.733. The summed E-state index contributed by atoms with van der Waals surface area (Å²) in [5.41, 5.74) is -1.99. The zero-order chi connectivity index (χ0) is 19.7. The van der Waals surface area contributed by atoms with Gasteiger partial charge in [0.15, 0.2) is 5.69 Å². The van der Waals surface area contributed by atoms with Crippen molar-refractivity contribution in [3.05, 3.63) is 17.0 Å². The number of hydrogen-bond acceptors (Lipinski definition) is 4. The van der Waals surface area contributed by atoms with Gasteiger partial charge in [-0.2, -0.15) is 18.3 Å². The Labute approximate surface area is 150 Å². The predicted octanol–water partition coefficient (Wildman–Crippen LogP) is 1.92. The van der Waals surface area contributed by atoms with E-state index in [1.165, 1.54) is 11.2 Å². The van der Waals surface area contributed by atoms with Crippen LogP contribution in [0.1, 0.15) is 48.4 Å². The highest BCUT2D eigenvalue weighted by atomic mass is 32.2. The summed E-state index contributed by atoms with van der Waals surface area (Å²) in [5.74, 6) is -0.864. The number of carbonyl (C=O) groups is 1. The Bertz CT molecular complexity index is 751. The molecule has 7 nitrogen and oxygen atoms in total. The Morgan fingerprint density at radius 2 is 1.92 bits per heavy atom. The summed E-state index contributed by atoms with van der Waals surface area (Å²) in [6.07, 6.45) is -4.00. The Balaban J connectivity index is 1.99. The van der Waals surface area contributed by atoms with Crippen LogP contribution in [0.15, 0.2) is 0 Å². The molecule has 2 N–H and O–H groups in total. The van der Waals surface area contributed by atoms with Crippen LogP contribution >= 0.6 is 0 Å². The van der Waals surface area contributed by atoms with Gasteiger partial charge in [-0.1, -0.05) is 13.8 Å². The maximum Gasteiger partial charge on any atom is 0.420 e. The highest BCUT2D eigenvalue weighted by Gasteiger charge is 2.40. The molecule has 0 unspecified atom stereocenters. The number of nitrogens with one attached hydrogen (secondary N) is 2. The molecule has 1 saturated heterocycles. The van der Waals surface area contributed by atoms with E-state index >= 15 is 0 Å². The van der Waals surface area contributed by atoms with E-state index in [-0.39, 0.29) is 30.5 Å². The van der Waals surface area contributed by atoms with Crippen LogP contribution in [0.25, 0.3) is 0 Å². The second kappa shape index (κ2) is 7.55. The van der Waals surface area contributed by atoms with Crippen LogP contribution in [0.2, 0.25) is 0 Å². The molecule has 11 heteroatoms. The SMILES string of the molecule is Cc1[nH]nc(C(=O)NC2CCN(S(=O)(=O)CC(C)C)CC2)c1C(F)(F)F. The first-order valence-corrected chi connectivity index (χ1v) is 9.93. The zero-order valence-corrected chi connectivity index (χ0v) is 15.7. The van der Waals surface area contributed by atoms with Gasteiger partial charge in [0.25, 0.3) is 5.91 Å². The molecule has 1 amide bonds. The number of carbonyl (C=O) groups excluding carboxylic acids is 1. The number of aryl methyl sites for hydroxylation is 1. The molecule has 0 atom stereocenters. The van der Waals surface area contributed by atoms with E-state index in [0.717, 1.165) is 0 Å². The number of hydrogen-bond donors (Lipinski definition) is 2. The third-order valence-electron chi connectivity index (χ3n) is 4.17. The molecule has 2 rings (SSSR count). The fourth-order valence-corrected chi connectivity index (χ4v) is 4.82. The lowest BCUT2D eigenvalue weighted by atomic mass is 10.1. The van der Waals surface area contributed by atoms with Gasteiger partial charge in [-0.05, 0) is 25.7 Å². The van der Waals surface area contributed by atoms with Gasteiger partial charge in [0.05, 0.1) is 5.75 Å². The number of sulfonamides is 1. The molecule has 1 aromatic heterocycles. The van der Waals surface area contributed by atoms with Crippen LogP contribution in [0.5, 0.6) is 0 Å². The van der Waals surface area contributed by atoms with Gasteiger partial charge in [0.2, 0.25) is 10.0 Å². The van der Waals surface area contributed by atoms with Crippen molar-refractivity contribution in [3.63, 3.8) is 0 Å². The van der Waals surface area contributed by atoms with Gasteiger partial charge < -0.3 is 5.32 Å². The molecule has 0 radical (unpaired) electrons. The number of alkyl halides is 3. The number of amides is 1. The van der Waals surface area contributed by atoms with Crippen molar-refractivity contribution in [1.82, 2.24) is 19.8 Å². The minimum Gasteiger partial charge on any atom is -0.348 e. The molecule has 1 aliphatic rings. The van der Waals surface area contributed by atoms with Gasteiger partial charge in [0.1, 0.15) is 5.56 Å². The van der Waals surface area contributed by atoms with Crippen molar-refractivity contribution in [1.29, 1.82) is 0 Å². The molecule has 1 fully saturated rings. The van der Waals surface area contributed by atoms with Crippen LogP contribution in [0, 0.1) is 12.8 Å². The van der Waals surface area contributed by atoms with Crippen LogP contribution in [0.3, 0.4) is 0 Å². The normalized spacial score (nSPS) is 17.7. The van der Waals surface area contributed by atoms with Gasteiger partial charge in [-0.15, -0.1) is 0 Å². The third-order valence-corrected chi connectivity index (χ3v) is 6.41. The monoisotopic (exact) mass is 396 g/mol. The standard InChI is InChI=1S/C15H23F3N4O3S/c1-9(2)8-26(24,25)22-6-4-11(5-7-22)19-14(23)13-12(15(16,17)18)10(3)20-21-13/h9,11H,4-8H2,1-3H3,(H,19,23)(H,20,21). The molecule has 2 heterocycles. The minimum absolute atomic E-state index is 0.00104. The summed E-state index contributed by atoms with van der Waals surface area (Å²) in [7, 11) is -3.35. The molecule has 0 spiro atoms. The van der Waals surface area contributed by atoms with Gasteiger partial charge >= 0.3 is 6.18 Å². The largest absolute Gasteiger partial charge is 0.420 e. The smallest absolute Gasteiger partial charge is 0.348 e. The Morgan fingerprint density at radius 3 is 2.42 bits per heavy atom. The van der Waals surface area contributed by atoms with Gasteiger partial charge in [-0.3, -0.25) is 9.89 Å². The maximum atomic E-state index is 13.1. The van der Waals surface area contributed by atoms with E-state index in [4.69, 9.17) is 0 Å². The predicted molar refractivity (Wildman–Crippen MR) is 89.0 cm³/mol. The third kappa shape index (κ3) is 4.76. The van der Waals surface area contributed by atoms with Crippen LogP contribution < -0.4 is 5.32 Å².